The van der Waals surface area contributed by atoms with Crippen LogP contribution in [0, 0.1) is 11.7 Å². The van der Waals surface area contributed by atoms with E-state index >= 15 is 0 Å². The highest BCUT2D eigenvalue weighted by Crippen LogP contribution is 2.39. The van der Waals surface area contributed by atoms with Crippen LogP contribution in [0.3, 0.4) is 0 Å². The van der Waals surface area contributed by atoms with Crippen molar-refractivity contribution in [3.05, 3.63) is 29.8 Å². The number of fused-ring (bicyclic) bond motifs is 1. The van der Waals surface area contributed by atoms with Crippen LogP contribution in [0.25, 0.3) is 11.0 Å². The van der Waals surface area contributed by atoms with Crippen LogP contribution < -0.4 is 0 Å². The van der Waals surface area contributed by atoms with Crippen molar-refractivity contribution in [2.75, 3.05) is 0 Å². The van der Waals surface area contributed by atoms with Gasteiger partial charge >= 0.3 is 0 Å². The zero-order valence-corrected chi connectivity index (χ0v) is 11.8. The highest BCUT2D eigenvalue weighted by atomic mass is 35.5. The van der Waals surface area contributed by atoms with Gasteiger partial charge in [-0.05, 0) is 30.9 Å². The smallest absolute Gasteiger partial charge is 0.125 e. The van der Waals surface area contributed by atoms with Crippen molar-refractivity contribution in [1.82, 2.24) is 9.55 Å². The highest BCUT2D eigenvalue weighted by Gasteiger charge is 2.27. The van der Waals surface area contributed by atoms with Gasteiger partial charge in [-0.25, -0.2) is 9.37 Å². The second-order valence-electron chi connectivity index (χ2n) is 5.41. The molecule has 1 unspecified atom stereocenters. The summed E-state index contributed by atoms with van der Waals surface area (Å²) in [5, 5.41) is 0. The lowest BCUT2D eigenvalue weighted by molar-refractivity contribution is 0.429. The van der Waals surface area contributed by atoms with Gasteiger partial charge in [-0.3, -0.25) is 0 Å². The fourth-order valence-corrected chi connectivity index (χ4v) is 3.01. The predicted octanol–water partition coefficient (Wildman–Crippen LogP) is 4.67. The number of hydrogen-bond donors (Lipinski definition) is 0. The maximum atomic E-state index is 13.3. The maximum Gasteiger partial charge on any atom is 0.125 e. The van der Waals surface area contributed by atoms with Gasteiger partial charge in [-0.2, -0.15) is 0 Å². The summed E-state index contributed by atoms with van der Waals surface area (Å²) >= 11 is 6.02. The Balaban J connectivity index is 2.07. The predicted molar refractivity (Wildman–Crippen MR) is 75.9 cm³/mol. The Kier molecular flexibility index (Phi) is 3.48. The van der Waals surface area contributed by atoms with Crippen LogP contribution in [0.2, 0.25) is 0 Å². The second-order valence-corrected chi connectivity index (χ2v) is 5.67. The van der Waals surface area contributed by atoms with Crippen LogP contribution in [-0.4, -0.2) is 9.55 Å². The summed E-state index contributed by atoms with van der Waals surface area (Å²) in [5.41, 5.74) is 1.72. The summed E-state index contributed by atoms with van der Waals surface area (Å²) in [6.07, 6.45) is 4.92. The Morgan fingerprint density at radius 2 is 2.26 bits per heavy atom. The van der Waals surface area contributed by atoms with Gasteiger partial charge in [0.05, 0.1) is 16.9 Å². The molecule has 1 heterocycles. The average molecular weight is 281 g/mol. The Hall–Kier alpha value is -1.09. The van der Waals surface area contributed by atoms with Crippen molar-refractivity contribution in [3.8, 4) is 0 Å². The fraction of sp³-hybridized carbons (Fsp3) is 0.533. The van der Waals surface area contributed by atoms with Crippen LogP contribution in [0.15, 0.2) is 18.2 Å². The van der Waals surface area contributed by atoms with Crippen molar-refractivity contribution >= 4 is 22.6 Å². The molecule has 0 spiro atoms. The molecule has 1 fully saturated rings. The van der Waals surface area contributed by atoms with Crippen LogP contribution in [-0.2, 0) is 5.88 Å². The van der Waals surface area contributed by atoms with E-state index in [2.05, 4.69) is 16.5 Å². The third kappa shape index (κ3) is 2.48. The maximum absolute atomic E-state index is 13.3. The first-order chi connectivity index (χ1) is 9.22. The average Bonchev–Trinajstić information content (AvgIpc) is 3.15. The zero-order valence-electron chi connectivity index (χ0n) is 11.1. The Bertz CT molecular complexity index is 589. The molecule has 1 saturated carbocycles. The zero-order chi connectivity index (χ0) is 13.4. The van der Waals surface area contributed by atoms with Crippen LogP contribution in [0.4, 0.5) is 4.39 Å². The summed E-state index contributed by atoms with van der Waals surface area (Å²) in [6, 6.07) is 5.24. The molecule has 2 aromatic rings. The first-order valence-electron chi connectivity index (χ1n) is 6.95. The summed E-state index contributed by atoms with van der Waals surface area (Å²) in [6.45, 7) is 2.19. The van der Waals surface area contributed by atoms with E-state index in [1.165, 1.54) is 31.4 Å². The molecule has 4 heteroatoms. The Morgan fingerprint density at radius 3 is 2.89 bits per heavy atom. The van der Waals surface area contributed by atoms with Crippen molar-refractivity contribution in [3.63, 3.8) is 0 Å². The van der Waals surface area contributed by atoms with Crippen molar-refractivity contribution in [1.29, 1.82) is 0 Å². The standard InChI is InChI=1S/C15H18ClFN2/c1-2-12(7-10-3-4-10)19-14-6-5-11(17)8-13(14)18-15(19)9-16/h5-6,8,10,12H,2-4,7,9H2,1H3. The molecule has 2 nitrogen and oxygen atoms in total. The number of hydrogen-bond acceptors (Lipinski definition) is 1. The number of nitrogens with zero attached hydrogens (tertiary/aromatic N) is 2. The van der Waals surface area contributed by atoms with Gasteiger partial charge in [0.15, 0.2) is 0 Å². The Morgan fingerprint density at radius 1 is 1.47 bits per heavy atom. The number of alkyl halides is 1. The first-order valence-corrected chi connectivity index (χ1v) is 7.48. The van der Waals surface area contributed by atoms with Gasteiger partial charge < -0.3 is 4.57 Å². The molecule has 0 N–H and O–H groups in total. The van der Waals surface area contributed by atoms with E-state index in [9.17, 15) is 4.39 Å². The largest absolute Gasteiger partial charge is 0.324 e. The molecule has 1 aromatic heterocycles. The highest BCUT2D eigenvalue weighted by molar-refractivity contribution is 6.16. The van der Waals surface area contributed by atoms with E-state index in [0.717, 1.165) is 23.7 Å². The van der Waals surface area contributed by atoms with Gasteiger partial charge in [-0.15, -0.1) is 11.6 Å². The molecule has 0 saturated heterocycles. The fourth-order valence-electron chi connectivity index (χ4n) is 2.82. The molecule has 1 aromatic carbocycles. The van der Waals surface area contributed by atoms with Gasteiger partial charge in [0.1, 0.15) is 11.6 Å². The molecule has 1 aliphatic rings. The number of imidazole rings is 1. The molecule has 0 aliphatic heterocycles. The van der Waals surface area contributed by atoms with Gasteiger partial charge in [0, 0.05) is 12.1 Å². The lowest BCUT2D eigenvalue weighted by Gasteiger charge is -2.19. The third-order valence-electron chi connectivity index (χ3n) is 3.98. The third-order valence-corrected chi connectivity index (χ3v) is 4.22. The van der Waals surface area contributed by atoms with Gasteiger partial charge in [0.25, 0.3) is 0 Å². The minimum absolute atomic E-state index is 0.242. The van der Waals surface area contributed by atoms with E-state index in [-0.39, 0.29) is 5.82 Å². The molecule has 1 atom stereocenters. The monoisotopic (exact) mass is 280 g/mol. The molecule has 19 heavy (non-hydrogen) atoms. The quantitative estimate of drug-likeness (QED) is 0.728. The number of aromatic nitrogens is 2. The van der Waals surface area contributed by atoms with Crippen LogP contribution in [0.1, 0.15) is 44.5 Å². The molecule has 102 valence electrons. The summed E-state index contributed by atoms with van der Waals surface area (Å²) in [7, 11) is 0. The van der Waals surface area contributed by atoms with E-state index in [4.69, 9.17) is 11.6 Å². The van der Waals surface area contributed by atoms with Gasteiger partial charge in [0.2, 0.25) is 0 Å². The normalized spacial score (nSPS) is 17.0. The van der Waals surface area contributed by atoms with Crippen molar-refractivity contribution in [2.24, 2.45) is 5.92 Å². The van der Waals surface area contributed by atoms with E-state index in [1.807, 2.05) is 6.07 Å². The first kappa shape index (κ1) is 12.9. The number of benzene rings is 1. The minimum atomic E-state index is -0.242. The molecule has 0 radical (unpaired) electrons. The lowest BCUT2D eigenvalue weighted by atomic mass is 10.1. The summed E-state index contributed by atoms with van der Waals surface area (Å²) in [4.78, 5) is 4.48. The molecule has 0 bridgehead atoms. The van der Waals surface area contributed by atoms with E-state index in [0.29, 0.717) is 17.4 Å². The van der Waals surface area contributed by atoms with Crippen molar-refractivity contribution in [2.45, 2.75) is 44.5 Å². The number of rotatable bonds is 5. The SMILES string of the molecule is CCC(CC1CC1)n1c(CCl)nc2cc(F)ccc21. The topological polar surface area (TPSA) is 17.8 Å². The Labute approximate surface area is 117 Å². The molecular weight excluding hydrogens is 263 g/mol. The minimum Gasteiger partial charge on any atom is -0.324 e. The van der Waals surface area contributed by atoms with Gasteiger partial charge in [-0.1, -0.05) is 19.8 Å². The summed E-state index contributed by atoms with van der Waals surface area (Å²) < 4.78 is 15.5. The molecular formula is C15H18ClFN2. The molecule has 3 rings (SSSR count). The molecule has 1 aliphatic carbocycles. The summed E-state index contributed by atoms with van der Waals surface area (Å²) in [5.74, 6) is 1.84. The van der Waals surface area contributed by atoms with Crippen LogP contribution >= 0.6 is 11.6 Å². The van der Waals surface area contributed by atoms with E-state index in [1.54, 1.807) is 0 Å². The molecule has 0 amide bonds. The van der Waals surface area contributed by atoms with E-state index < -0.39 is 0 Å². The van der Waals surface area contributed by atoms with Crippen molar-refractivity contribution < 1.29 is 4.39 Å². The second kappa shape index (κ2) is 5.12. The number of halogens is 2. The lowest BCUT2D eigenvalue weighted by Crippen LogP contribution is -2.11. The van der Waals surface area contributed by atoms with Crippen LogP contribution in [0.5, 0.6) is 0 Å².